The molecule has 0 aromatic heterocycles. The maximum absolute atomic E-state index is 8.28. The Kier molecular flexibility index (Phi) is 30.1. The SMILES string of the molecule is CCCN.O=[PH3]. The van der Waals surface area contributed by atoms with Crippen molar-refractivity contribution in [2.24, 2.45) is 5.73 Å². The summed E-state index contributed by atoms with van der Waals surface area (Å²) in [6, 6.07) is 0. The van der Waals surface area contributed by atoms with Crippen LogP contribution in [-0.4, -0.2) is 6.54 Å². The van der Waals surface area contributed by atoms with Crippen LogP contribution in [0.2, 0.25) is 0 Å². The zero-order chi connectivity index (χ0) is 5.41. The fourth-order valence-corrected chi connectivity index (χ4v) is 0. The van der Waals surface area contributed by atoms with Gasteiger partial charge in [-0.05, 0) is 13.0 Å². The second-order valence-corrected chi connectivity index (χ2v) is 0.789. The van der Waals surface area contributed by atoms with Crippen molar-refractivity contribution in [3.05, 3.63) is 0 Å². The topological polar surface area (TPSA) is 43.1 Å². The molecule has 6 heavy (non-hydrogen) atoms. The first-order valence-electron chi connectivity index (χ1n) is 1.90. The normalized spacial score (nSPS) is 6.33. The molecule has 2 nitrogen and oxygen atoms in total. The van der Waals surface area contributed by atoms with Gasteiger partial charge in [0.2, 0.25) is 0 Å². The second kappa shape index (κ2) is 19.0. The summed E-state index contributed by atoms with van der Waals surface area (Å²) in [6.07, 6.45) is 1.10. The van der Waals surface area contributed by atoms with Gasteiger partial charge in [0.15, 0.2) is 0 Å². The van der Waals surface area contributed by atoms with E-state index in [-0.39, 0.29) is 0 Å². The first-order valence-corrected chi connectivity index (χ1v) is 2.48. The van der Waals surface area contributed by atoms with E-state index < -0.39 is 0 Å². The molecule has 0 aliphatic rings. The third kappa shape index (κ3) is 30.1. The van der Waals surface area contributed by atoms with E-state index in [0.717, 1.165) is 13.0 Å². The van der Waals surface area contributed by atoms with Crippen LogP contribution in [-0.2, 0) is 4.57 Å². The largest absolute Gasteiger partial charge is 0.333 e. The fourth-order valence-electron chi connectivity index (χ4n) is 0. The van der Waals surface area contributed by atoms with Gasteiger partial charge in [0.05, 0.1) is 9.12 Å². The molecule has 0 aromatic rings. The molecule has 3 heteroatoms. The lowest BCUT2D eigenvalue weighted by molar-refractivity contribution is 0.607. The molecule has 0 rings (SSSR count). The lowest BCUT2D eigenvalue weighted by Crippen LogP contribution is -1.93. The Morgan fingerprint density at radius 2 is 1.83 bits per heavy atom. The van der Waals surface area contributed by atoms with Crippen LogP contribution in [0.3, 0.4) is 0 Å². The summed E-state index contributed by atoms with van der Waals surface area (Å²) >= 11 is 0. The zero-order valence-corrected chi connectivity index (χ0v) is 5.52. The number of hydrogen-bond acceptors (Lipinski definition) is 2. The van der Waals surface area contributed by atoms with Crippen LogP contribution in [0.5, 0.6) is 0 Å². The average molecular weight is 109 g/mol. The molecule has 0 spiro atoms. The number of nitrogens with two attached hydrogens (primary N) is 1. The maximum atomic E-state index is 8.28. The molecule has 0 bridgehead atoms. The molecular formula is C3H12NOP. The van der Waals surface area contributed by atoms with Crippen molar-refractivity contribution in [1.82, 2.24) is 0 Å². The lowest BCUT2D eigenvalue weighted by Gasteiger charge is -1.70. The van der Waals surface area contributed by atoms with E-state index in [4.69, 9.17) is 10.3 Å². The Hall–Kier alpha value is 0.190. The molecule has 1 unspecified atom stereocenters. The van der Waals surface area contributed by atoms with Gasteiger partial charge in [-0.15, -0.1) is 0 Å². The van der Waals surface area contributed by atoms with Crippen LogP contribution < -0.4 is 5.73 Å². The van der Waals surface area contributed by atoms with E-state index in [1.165, 1.54) is 0 Å². The number of rotatable bonds is 1. The summed E-state index contributed by atoms with van der Waals surface area (Å²) < 4.78 is 8.28. The van der Waals surface area contributed by atoms with Gasteiger partial charge in [-0.2, -0.15) is 0 Å². The van der Waals surface area contributed by atoms with Gasteiger partial charge in [-0.3, -0.25) is 0 Å². The molecule has 0 fully saturated rings. The predicted octanol–water partition coefficient (Wildman–Crippen LogP) is 0.294. The lowest BCUT2D eigenvalue weighted by atomic mass is 10.5. The Bertz CT molecular complexity index is 18.3. The highest BCUT2D eigenvalue weighted by molar-refractivity contribution is 7.00. The van der Waals surface area contributed by atoms with E-state index in [2.05, 4.69) is 6.92 Å². The van der Waals surface area contributed by atoms with Gasteiger partial charge in [0, 0.05) is 0 Å². The van der Waals surface area contributed by atoms with Gasteiger partial charge in [-0.1, -0.05) is 6.92 Å². The van der Waals surface area contributed by atoms with Crippen LogP contribution >= 0.6 is 9.12 Å². The van der Waals surface area contributed by atoms with Crippen LogP contribution in [0, 0.1) is 0 Å². The van der Waals surface area contributed by atoms with Crippen molar-refractivity contribution in [3.8, 4) is 0 Å². The van der Waals surface area contributed by atoms with Crippen molar-refractivity contribution in [2.75, 3.05) is 6.54 Å². The molecule has 0 aromatic carbocycles. The summed E-state index contributed by atoms with van der Waals surface area (Å²) in [6.45, 7) is 2.88. The van der Waals surface area contributed by atoms with Crippen molar-refractivity contribution in [1.29, 1.82) is 0 Å². The van der Waals surface area contributed by atoms with E-state index in [1.807, 2.05) is 0 Å². The molecule has 0 aliphatic heterocycles. The highest BCUT2D eigenvalue weighted by Gasteiger charge is 1.55. The second-order valence-electron chi connectivity index (χ2n) is 0.789. The van der Waals surface area contributed by atoms with Crippen LogP contribution in [0.1, 0.15) is 13.3 Å². The quantitative estimate of drug-likeness (QED) is 0.492. The summed E-state index contributed by atoms with van der Waals surface area (Å²) in [5.74, 6) is 0. The Labute approximate surface area is 40.3 Å². The van der Waals surface area contributed by atoms with Gasteiger partial charge < -0.3 is 10.3 Å². The smallest absolute Gasteiger partial charge is 0.0527 e. The van der Waals surface area contributed by atoms with Crippen LogP contribution in [0.15, 0.2) is 0 Å². The molecule has 0 saturated heterocycles. The van der Waals surface area contributed by atoms with Gasteiger partial charge >= 0.3 is 0 Å². The van der Waals surface area contributed by atoms with Crippen molar-refractivity contribution in [3.63, 3.8) is 0 Å². The summed E-state index contributed by atoms with van der Waals surface area (Å²) in [4.78, 5) is 0. The standard InChI is InChI=1S/C3H9N.H3OP/c1-2-3-4;1-2/h2-4H2,1H3;2H3. The first-order chi connectivity index (χ1) is 2.91. The molecule has 0 amide bonds. The minimum atomic E-state index is 0.611. The average Bonchev–Trinajstić information content (AvgIpc) is 1.72. The zero-order valence-electron chi connectivity index (χ0n) is 4.11. The van der Waals surface area contributed by atoms with Crippen molar-refractivity contribution < 1.29 is 4.57 Å². The Morgan fingerprint density at radius 1 is 1.67 bits per heavy atom. The summed E-state index contributed by atoms with van der Waals surface area (Å²) in [5, 5.41) is 0. The molecule has 40 valence electrons. The van der Waals surface area contributed by atoms with Gasteiger partial charge in [0.1, 0.15) is 0 Å². The monoisotopic (exact) mass is 109 g/mol. The molecule has 0 aliphatic carbocycles. The molecule has 1 atom stereocenters. The highest BCUT2D eigenvalue weighted by atomic mass is 31.0. The Balaban J connectivity index is 0. The molecular weight excluding hydrogens is 97.0 g/mol. The van der Waals surface area contributed by atoms with E-state index in [1.54, 1.807) is 0 Å². The summed E-state index contributed by atoms with van der Waals surface area (Å²) in [5.41, 5.74) is 5.03. The predicted molar refractivity (Wildman–Crippen MR) is 31.1 cm³/mol. The minimum Gasteiger partial charge on any atom is -0.333 e. The molecule has 0 saturated carbocycles. The highest BCUT2D eigenvalue weighted by Crippen LogP contribution is 1.57. The van der Waals surface area contributed by atoms with E-state index in [0.29, 0.717) is 9.12 Å². The van der Waals surface area contributed by atoms with Crippen LogP contribution in [0.4, 0.5) is 0 Å². The summed E-state index contributed by atoms with van der Waals surface area (Å²) in [7, 11) is 0.611. The molecule has 2 N–H and O–H groups in total. The molecule has 0 heterocycles. The minimum absolute atomic E-state index is 0.611. The van der Waals surface area contributed by atoms with Gasteiger partial charge in [0.25, 0.3) is 0 Å². The van der Waals surface area contributed by atoms with Gasteiger partial charge in [-0.25, -0.2) is 0 Å². The van der Waals surface area contributed by atoms with E-state index >= 15 is 0 Å². The first kappa shape index (κ1) is 9.50. The fraction of sp³-hybridized carbons (Fsp3) is 1.00. The van der Waals surface area contributed by atoms with Crippen molar-refractivity contribution >= 4 is 9.12 Å². The maximum Gasteiger partial charge on any atom is 0.0527 e. The third-order valence-corrected chi connectivity index (χ3v) is 0.289. The number of hydrogen-bond donors (Lipinski definition) is 1. The van der Waals surface area contributed by atoms with E-state index in [9.17, 15) is 0 Å². The Morgan fingerprint density at radius 3 is 1.83 bits per heavy atom. The molecule has 0 radical (unpaired) electrons. The van der Waals surface area contributed by atoms with Crippen LogP contribution in [0.25, 0.3) is 0 Å². The van der Waals surface area contributed by atoms with Crippen molar-refractivity contribution in [2.45, 2.75) is 13.3 Å². The third-order valence-electron chi connectivity index (χ3n) is 0.289.